The highest BCUT2D eigenvalue weighted by atomic mass is 19.4. The number of rotatable bonds is 1. The molecule has 15 heavy (non-hydrogen) atoms. The molecule has 0 heterocycles. The summed E-state index contributed by atoms with van der Waals surface area (Å²) in [6.07, 6.45) is -4.45. The van der Waals surface area contributed by atoms with Gasteiger partial charge in [0, 0.05) is 0 Å². The fraction of sp³-hybridized carbons (Fsp3) is 0.364. The van der Waals surface area contributed by atoms with Crippen LogP contribution in [0.3, 0.4) is 0 Å². The van der Waals surface area contributed by atoms with Gasteiger partial charge in [-0.2, -0.15) is 18.4 Å². The van der Waals surface area contributed by atoms with Crippen molar-refractivity contribution in [2.45, 2.75) is 18.0 Å². The number of hydrogen-bond acceptors (Lipinski definition) is 1. The number of hydrogen-bond donors (Lipinski definition) is 0. The highest BCUT2D eigenvalue weighted by Crippen LogP contribution is 2.63. The summed E-state index contributed by atoms with van der Waals surface area (Å²) in [5, 5.41) is 8.62. The molecule has 0 aromatic heterocycles. The molecule has 4 heteroatoms. The van der Waals surface area contributed by atoms with Crippen molar-refractivity contribution in [3.63, 3.8) is 0 Å². The molecule has 0 N–H and O–H groups in total. The lowest BCUT2D eigenvalue weighted by Crippen LogP contribution is -2.30. The second-order valence-electron chi connectivity index (χ2n) is 3.72. The van der Waals surface area contributed by atoms with Crippen molar-refractivity contribution >= 4 is 0 Å². The molecule has 2 atom stereocenters. The molecule has 1 saturated carbocycles. The molecule has 0 radical (unpaired) electrons. The van der Waals surface area contributed by atoms with Gasteiger partial charge in [-0.1, -0.05) is 30.3 Å². The van der Waals surface area contributed by atoms with E-state index in [-0.39, 0.29) is 12.0 Å². The molecule has 1 aliphatic carbocycles. The van der Waals surface area contributed by atoms with Gasteiger partial charge < -0.3 is 0 Å². The SMILES string of the molecule is N#C[C@@H]1C[C@]1(c1ccccc1)C(F)(F)F. The van der Waals surface area contributed by atoms with E-state index in [4.69, 9.17) is 5.26 Å². The van der Waals surface area contributed by atoms with Crippen LogP contribution in [0.4, 0.5) is 13.2 Å². The Morgan fingerprint density at radius 1 is 1.27 bits per heavy atom. The topological polar surface area (TPSA) is 23.8 Å². The predicted molar refractivity (Wildman–Crippen MR) is 47.9 cm³/mol. The summed E-state index contributed by atoms with van der Waals surface area (Å²) in [7, 11) is 0. The van der Waals surface area contributed by atoms with Gasteiger partial charge >= 0.3 is 6.18 Å². The second kappa shape index (κ2) is 2.99. The summed E-state index contributed by atoms with van der Waals surface area (Å²) in [4.78, 5) is 0. The van der Waals surface area contributed by atoms with Crippen molar-refractivity contribution < 1.29 is 13.2 Å². The molecule has 78 valence electrons. The molecule has 0 spiro atoms. The van der Waals surface area contributed by atoms with Crippen molar-refractivity contribution in [1.29, 1.82) is 5.26 Å². The molecule has 0 saturated heterocycles. The van der Waals surface area contributed by atoms with Gasteiger partial charge in [0.25, 0.3) is 0 Å². The van der Waals surface area contributed by atoms with Gasteiger partial charge in [0.15, 0.2) is 0 Å². The van der Waals surface area contributed by atoms with Crippen LogP contribution in [-0.4, -0.2) is 6.18 Å². The van der Waals surface area contributed by atoms with Gasteiger partial charge in [-0.25, -0.2) is 0 Å². The fourth-order valence-electron chi connectivity index (χ4n) is 1.95. The maximum atomic E-state index is 12.9. The predicted octanol–water partition coefficient (Wildman–Crippen LogP) is 3.03. The summed E-state index contributed by atoms with van der Waals surface area (Å²) >= 11 is 0. The van der Waals surface area contributed by atoms with Gasteiger partial charge in [0.1, 0.15) is 5.41 Å². The summed E-state index contributed by atoms with van der Waals surface area (Å²) in [5.41, 5.74) is -1.72. The third-order valence-electron chi connectivity index (χ3n) is 2.91. The van der Waals surface area contributed by atoms with Crippen LogP contribution in [0.1, 0.15) is 12.0 Å². The minimum atomic E-state index is -4.34. The van der Waals surface area contributed by atoms with Crippen molar-refractivity contribution in [2.75, 3.05) is 0 Å². The van der Waals surface area contributed by atoms with Crippen molar-refractivity contribution in [3.8, 4) is 6.07 Å². The molecule has 1 aromatic carbocycles. The standard InChI is InChI=1S/C11H8F3N/c12-11(13,14)10(6-9(10)7-15)8-4-2-1-3-5-8/h1-5,9H,6H2/t9-,10+/m0/s1. The molecule has 1 aromatic rings. The summed E-state index contributed by atoms with van der Waals surface area (Å²) in [5.74, 6) is -0.931. The fourth-order valence-corrected chi connectivity index (χ4v) is 1.95. The van der Waals surface area contributed by atoms with Gasteiger partial charge in [0.2, 0.25) is 0 Å². The average Bonchev–Trinajstić information content (AvgIpc) is 2.94. The number of halogens is 3. The monoisotopic (exact) mass is 211 g/mol. The minimum absolute atomic E-state index is 0.114. The maximum Gasteiger partial charge on any atom is 0.399 e. The molecule has 1 fully saturated rings. The molecular formula is C11H8F3N. The average molecular weight is 211 g/mol. The van der Waals surface area contributed by atoms with Crippen LogP contribution in [0.15, 0.2) is 30.3 Å². The van der Waals surface area contributed by atoms with E-state index in [9.17, 15) is 13.2 Å². The van der Waals surface area contributed by atoms with Crippen LogP contribution in [0.25, 0.3) is 0 Å². The van der Waals surface area contributed by atoms with E-state index >= 15 is 0 Å². The normalized spacial score (nSPS) is 29.6. The zero-order chi connectivity index (χ0) is 11.1. The van der Waals surface area contributed by atoms with Crippen LogP contribution in [-0.2, 0) is 5.41 Å². The third kappa shape index (κ3) is 1.30. The number of nitrogens with zero attached hydrogens (tertiary/aromatic N) is 1. The number of alkyl halides is 3. The minimum Gasteiger partial charge on any atom is -0.198 e. The lowest BCUT2D eigenvalue weighted by molar-refractivity contribution is -0.163. The van der Waals surface area contributed by atoms with E-state index in [0.717, 1.165) is 0 Å². The maximum absolute atomic E-state index is 12.9. The van der Waals surface area contributed by atoms with Crippen LogP contribution in [0.2, 0.25) is 0 Å². The molecule has 1 nitrogen and oxygen atoms in total. The first kappa shape index (κ1) is 10.0. The molecule has 2 rings (SSSR count). The summed E-state index contributed by atoms with van der Waals surface area (Å²) < 4.78 is 38.6. The van der Waals surface area contributed by atoms with E-state index in [2.05, 4.69) is 0 Å². The van der Waals surface area contributed by atoms with E-state index in [1.807, 2.05) is 0 Å². The lowest BCUT2D eigenvalue weighted by atomic mass is 9.93. The van der Waals surface area contributed by atoms with Crippen LogP contribution >= 0.6 is 0 Å². The Bertz CT molecular complexity index is 404. The smallest absolute Gasteiger partial charge is 0.198 e. The van der Waals surface area contributed by atoms with E-state index in [0.29, 0.717) is 0 Å². The Morgan fingerprint density at radius 2 is 1.87 bits per heavy atom. The van der Waals surface area contributed by atoms with Crippen LogP contribution < -0.4 is 0 Å². The largest absolute Gasteiger partial charge is 0.399 e. The molecular weight excluding hydrogens is 203 g/mol. The molecule has 1 aliphatic rings. The van der Waals surface area contributed by atoms with E-state index in [1.54, 1.807) is 24.3 Å². The zero-order valence-electron chi connectivity index (χ0n) is 7.75. The Morgan fingerprint density at radius 3 is 2.27 bits per heavy atom. The first-order chi connectivity index (χ1) is 7.02. The van der Waals surface area contributed by atoms with Crippen molar-refractivity contribution in [2.24, 2.45) is 5.92 Å². The Labute approximate surface area is 85.1 Å². The van der Waals surface area contributed by atoms with E-state index in [1.165, 1.54) is 12.1 Å². The number of nitriles is 1. The van der Waals surface area contributed by atoms with Gasteiger partial charge in [-0.15, -0.1) is 0 Å². The summed E-state index contributed by atoms with van der Waals surface area (Å²) in [6.45, 7) is 0. The molecule has 0 amide bonds. The van der Waals surface area contributed by atoms with E-state index < -0.39 is 17.5 Å². The van der Waals surface area contributed by atoms with Crippen LogP contribution in [0, 0.1) is 17.2 Å². The Balaban J connectivity index is 2.45. The first-order valence-electron chi connectivity index (χ1n) is 4.54. The van der Waals surface area contributed by atoms with Crippen molar-refractivity contribution in [3.05, 3.63) is 35.9 Å². The van der Waals surface area contributed by atoms with Gasteiger partial charge in [0.05, 0.1) is 12.0 Å². The summed E-state index contributed by atoms with van der Waals surface area (Å²) in [6, 6.07) is 9.38. The Kier molecular flexibility index (Phi) is 2.00. The van der Waals surface area contributed by atoms with Crippen LogP contribution in [0.5, 0.6) is 0 Å². The molecule has 0 unspecified atom stereocenters. The lowest BCUT2D eigenvalue weighted by Gasteiger charge is -2.19. The van der Waals surface area contributed by atoms with Crippen molar-refractivity contribution in [1.82, 2.24) is 0 Å². The quantitative estimate of drug-likeness (QED) is 0.700. The highest BCUT2D eigenvalue weighted by molar-refractivity contribution is 5.39. The zero-order valence-corrected chi connectivity index (χ0v) is 7.75. The molecule has 0 aliphatic heterocycles. The van der Waals surface area contributed by atoms with Gasteiger partial charge in [-0.3, -0.25) is 0 Å². The molecule has 0 bridgehead atoms. The second-order valence-corrected chi connectivity index (χ2v) is 3.72. The third-order valence-corrected chi connectivity index (χ3v) is 2.91. The number of benzene rings is 1. The first-order valence-corrected chi connectivity index (χ1v) is 4.54. The Hall–Kier alpha value is -1.50. The highest BCUT2D eigenvalue weighted by Gasteiger charge is 2.71. The van der Waals surface area contributed by atoms with Gasteiger partial charge in [-0.05, 0) is 12.0 Å².